The van der Waals surface area contributed by atoms with Crippen LogP contribution in [0.15, 0.2) is 16.9 Å². The van der Waals surface area contributed by atoms with E-state index in [1.165, 1.54) is 0 Å². The second-order valence-electron chi connectivity index (χ2n) is 3.51. The highest BCUT2D eigenvalue weighted by Gasteiger charge is 2.13. The lowest BCUT2D eigenvalue weighted by atomic mass is 10.1. The van der Waals surface area contributed by atoms with E-state index in [4.69, 9.17) is 5.73 Å². The van der Waals surface area contributed by atoms with E-state index in [9.17, 15) is 0 Å². The maximum absolute atomic E-state index is 5.62. The molecule has 14 heavy (non-hydrogen) atoms. The SMILES string of the molecule is CC(C)c1nn2cc(N)cnc2c1Br. The van der Waals surface area contributed by atoms with Gasteiger partial charge in [0.05, 0.1) is 28.2 Å². The number of hydrogen-bond donors (Lipinski definition) is 1. The van der Waals surface area contributed by atoms with Crippen molar-refractivity contribution in [2.75, 3.05) is 5.73 Å². The summed E-state index contributed by atoms with van der Waals surface area (Å²) in [6.45, 7) is 4.19. The van der Waals surface area contributed by atoms with Crippen LogP contribution in [0.2, 0.25) is 0 Å². The van der Waals surface area contributed by atoms with Crippen LogP contribution in [0.3, 0.4) is 0 Å². The standard InChI is InChI=1S/C9H11BrN4/c1-5(2)8-7(10)9-12-3-6(11)4-14(9)13-8/h3-5H,11H2,1-2H3. The van der Waals surface area contributed by atoms with Gasteiger partial charge in [0.25, 0.3) is 0 Å². The minimum absolute atomic E-state index is 0.368. The van der Waals surface area contributed by atoms with E-state index < -0.39 is 0 Å². The molecule has 2 heterocycles. The molecule has 0 aliphatic heterocycles. The summed E-state index contributed by atoms with van der Waals surface area (Å²) in [5.41, 5.74) is 8.05. The zero-order valence-electron chi connectivity index (χ0n) is 8.03. The van der Waals surface area contributed by atoms with Gasteiger partial charge in [-0.2, -0.15) is 5.10 Å². The fraction of sp³-hybridized carbons (Fsp3) is 0.333. The van der Waals surface area contributed by atoms with Crippen molar-refractivity contribution in [3.05, 3.63) is 22.6 Å². The molecular weight excluding hydrogens is 244 g/mol. The largest absolute Gasteiger partial charge is 0.396 e. The highest BCUT2D eigenvalue weighted by atomic mass is 79.9. The van der Waals surface area contributed by atoms with Crippen LogP contribution in [0.5, 0.6) is 0 Å². The van der Waals surface area contributed by atoms with Gasteiger partial charge >= 0.3 is 0 Å². The number of anilines is 1. The Morgan fingerprint density at radius 3 is 2.86 bits per heavy atom. The molecular formula is C9H11BrN4. The summed E-state index contributed by atoms with van der Waals surface area (Å²) in [6.07, 6.45) is 3.39. The normalized spacial score (nSPS) is 11.4. The molecule has 0 atom stereocenters. The number of hydrogen-bond acceptors (Lipinski definition) is 3. The van der Waals surface area contributed by atoms with Crippen LogP contribution in [-0.2, 0) is 0 Å². The van der Waals surface area contributed by atoms with Gasteiger partial charge < -0.3 is 5.73 Å². The lowest BCUT2D eigenvalue weighted by Crippen LogP contribution is -1.94. The quantitative estimate of drug-likeness (QED) is 0.849. The van der Waals surface area contributed by atoms with Crippen LogP contribution >= 0.6 is 15.9 Å². The Morgan fingerprint density at radius 2 is 2.21 bits per heavy atom. The molecule has 0 fully saturated rings. The van der Waals surface area contributed by atoms with Crippen molar-refractivity contribution in [2.45, 2.75) is 19.8 Å². The summed E-state index contributed by atoms with van der Waals surface area (Å²) >= 11 is 3.49. The molecule has 0 aliphatic rings. The van der Waals surface area contributed by atoms with E-state index in [-0.39, 0.29) is 0 Å². The molecule has 0 bridgehead atoms. The van der Waals surface area contributed by atoms with Gasteiger partial charge in [-0.15, -0.1) is 0 Å². The van der Waals surface area contributed by atoms with Crippen LogP contribution in [0.25, 0.3) is 5.65 Å². The molecule has 0 saturated carbocycles. The molecule has 4 nitrogen and oxygen atoms in total. The summed E-state index contributed by atoms with van der Waals surface area (Å²) in [5.74, 6) is 0.368. The molecule has 0 saturated heterocycles. The number of rotatable bonds is 1. The minimum atomic E-state index is 0.368. The Hall–Kier alpha value is -1.10. The van der Waals surface area contributed by atoms with Crippen LogP contribution in [0.4, 0.5) is 5.69 Å². The lowest BCUT2D eigenvalue weighted by molar-refractivity contribution is 0.784. The highest BCUT2D eigenvalue weighted by Crippen LogP contribution is 2.26. The molecule has 0 unspecified atom stereocenters. The molecule has 0 radical (unpaired) electrons. The van der Waals surface area contributed by atoms with Gasteiger partial charge in [0.15, 0.2) is 5.65 Å². The number of halogens is 1. The van der Waals surface area contributed by atoms with Gasteiger partial charge in [-0.25, -0.2) is 9.50 Å². The predicted octanol–water partition coefficient (Wildman–Crippen LogP) is 2.20. The Morgan fingerprint density at radius 1 is 1.50 bits per heavy atom. The smallest absolute Gasteiger partial charge is 0.169 e. The van der Waals surface area contributed by atoms with Crippen LogP contribution < -0.4 is 5.73 Å². The molecule has 2 N–H and O–H groups in total. The van der Waals surface area contributed by atoms with E-state index in [0.29, 0.717) is 11.6 Å². The van der Waals surface area contributed by atoms with Crippen LogP contribution in [-0.4, -0.2) is 14.6 Å². The van der Waals surface area contributed by atoms with E-state index >= 15 is 0 Å². The first-order chi connectivity index (χ1) is 6.59. The first-order valence-electron chi connectivity index (χ1n) is 4.39. The van der Waals surface area contributed by atoms with E-state index in [1.54, 1.807) is 16.9 Å². The van der Waals surface area contributed by atoms with Gasteiger partial charge in [0.2, 0.25) is 0 Å². The Bertz CT molecular complexity index is 475. The van der Waals surface area contributed by atoms with Crippen molar-refractivity contribution in [3.8, 4) is 0 Å². The number of fused-ring (bicyclic) bond motifs is 1. The fourth-order valence-corrected chi connectivity index (χ4v) is 2.13. The summed E-state index contributed by atoms with van der Waals surface area (Å²) in [5, 5.41) is 4.40. The third kappa shape index (κ3) is 1.37. The molecule has 2 aromatic heterocycles. The Labute approximate surface area is 90.3 Å². The van der Waals surface area contributed by atoms with Crippen molar-refractivity contribution >= 4 is 27.3 Å². The number of aromatic nitrogens is 3. The van der Waals surface area contributed by atoms with Gasteiger partial charge in [0, 0.05) is 0 Å². The molecule has 5 heteroatoms. The molecule has 0 aliphatic carbocycles. The zero-order valence-corrected chi connectivity index (χ0v) is 9.62. The average molecular weight is 255 g/mol. The lowest BCUT2D eigenvalue weighted by Gasteiger charge is -1.97. The van der Waals surface area contributed by atoms with E-state index in [0.717, 1.165) is 15.8 Å². The first-order valence-corrected chi connectivity index (χ1v) is 5.18. The van der Waals surface area contributed by atoms with Gasteiger partial charge in [-0.1, -0.05) is 13.8 Å². The summed E-state index contributed by atoms with van der Waals surface area (Å²) in [4.78, 5) is 4.21. The molecule has 74 valence electrons. The van der Waals surface area contributed by atoms with Crippen molar-refractivity contribution in [2.24, 2.45) is 0 Å². The van der Waals surface area contributed by atoms with E-state index in [1.807, 2.05) is 0 Å². The summed E-state index contributed by atoms with van der Waals surface area (Å²) in [7, 11) is 0. The number of nitrogens with two attached hydrogens (primary N) is 1. The fourth-order valence-electron chi connectivity index (χ4n) is 1.31. The second kappa shape index (κ2) is 3.24. The Balaban J connectivity index is 2.73. The van der Waals surface area contributed by atoms with E-state index in [2.05, 4.69) is 39.9 Å². The van der Waals surface area contributed by atoms with Crippen LogP contribution in [0.1, 0.15) is 25.5 Å². The Kier molecular flexibility index (Phi) is 2.19. The van der Waals surface area contributed by atoms with Crippen LogP contribution in [0, 0.1) is 0 Å². The number of nitrogen functional groups attached to an aromatic ring is 1. The van der Waals surface area contributed by atoms with Gasteiger partial charge in [-0.05, 0) is 21.8 Å². The molecule has 2 rings (SSSR count). The van der Waals surface area contributed by atoms with Gasteiger partial charge in [0.1, 0.15) is 0 Å². The second-order valence-corrected chi connectivity index (χ2v) is 4.30. The van der Waals surface area contributed by atoms with Gasteiger partial charge in [-0.3, -0.25) is 0 Å². The average Bonchev–Trinajstić information content (AvgIpc) is 2.43. The first kappa shape index (κ1) is 9.45. The third-order valence-electron chi connectivity index (χ3n) is 2.01. The predicted molar refractivity (Wildman–Crippen MR) is 59.2 cm³/mol. The molecule has 2 aromatic rings. The maximum atomic E-state index is 5.62. The zero-order chi connectivity index (χ0) is 10.3. The maximum Gasteiger partial charge on any atom is 0.169 e. The summed E-state index contributed by atoms with van der Waals surface area (Å²) in [6, 6.07) is 0. The monoisotopic (exact) mass is 254 g/mol. The molecule has 0 aromatic carbocycles. The highest BCUT2D eigenvalue weighted by molar-refractivity contribution is 9.10. The third-order valence-corrected chi connectivity index (χ3v) is 2.77. The van der Waals surface area contributed by atoms with Crippen molar-refractivity contribution < 1.29 is 0 Å². The van der Waals surface area contributed by atoms with Crippen molar-refractivity contribution in [1.82, 2.24) is 14.6 Å². The molecule has 0 amide bonds. The molecule has 0 spiro atoms. The van der Waals surface area contributed by atoms with Crippen molar-refractivity contribution in [1.29, 1.82) is 0 Å². The summed E-state index contributed by atoms with van der Waals surface area (Å²) < 4.78 is 2.65. The topological polar surface area (TPSA) is 56.2 Å². The van der Waals surface area contributed by atoms with Crippen molar-refractivity contribution in [3.63, 3.8) is 0 Å². The number of nitrogens with zero attached hydrogens (tertiary/aromatic N) is 3. The minimum Gasteiger partial charge on any atom is -0.396 e.